The summed E-state index contributed by atoms with van der Waals surface area (Å²) in [5, 5.41) is 0. The fourth-order valence-electron chi connectivity index (χ4n) is 4.59. The fraction of sp³-hybridized carbons (Fsp3) is 0.636. The molecule has 2 aliphatic rings. The van der Waals surface area contributed by atoms with E-state index in [1.165, 1.54) is 0 Å². The number of amides is 1. The van der Waals surface area contributed by atoms with E-state index >= 15 is 0 Å². The number of carbonyl (C=O) groups excluding carboxylic acids is 2. The second-order valence-corrected chi connectivity index (χ2v) is 10.4. The molecule has 0 aromatic heterocycles. The van der Waals surface area contributed by atoms with E-state index in [2.05, 4.69) is 0 Å². The Hall–Kier alpha value is -1.89. The van der Waals surface area contributed by atoms with E-state index in [9.17, 15) is 18.0 Å². The molecule has 1 heterocycles. The Morgan fingerprint density at radius 2 is 1.76 bits per heavy atom. The number of rotatable bonds is 7. The van der Waals surface area contributed by atoms with Gasteiger partial charge >= 0.3 is 5.97 Å². The summed E-state index contributed by atoms with van der Waals surface area (Å²) in [6, 6.07) is 9.16. The molecule has 2 fully saturated rings. The third kappa shape index (κ3) is 5.59. The van der Waals surface area contributed by atoms with Crippen LogP contribution in [0.4, 0.5) is 0 Å². The molecule has 1 amide bonds. The summed E-state index contributed by atoms with van der Waals surface area (Å²) in [5.41, 5.74) is 0.874. The Labute approximate surface area is 173 Å². The molecule has 0 N–H and O–H groups in total. The predicted octanol–water partition coefficient (Wildman–Crippen LogP) is 3.07. The predicted molar refractivity (Wildman–Crippen MR) is 111 cm³/mol. The number of benzene rings is 1. The van der Waals surface area contributed by atoms with Gasteiger partial charge in [-0.15, -0.1) is 0 Å². The second kappa shape index (κ2) is 9.74. The van der Waals surface area contributed by atoms with Gasteiger partial charge in [0.25, 0.3) is 5.91 Å². The van der Waals surface area contributed by atoms with Gasteiger partial charge in [-0.1, -0.05) is 56.5 Å². The van der Waals surface area contributed by atoms with Gasteiger partial charge in [0.2, 0.25) is 0 Å². The molecular weight excluding hydrogens is 390 g/mol. The van der Waals surface area contributed by atoms with Crippen LogP contribution >= 0.6 is 0 Å². The van der Waals surface area contributed by atoms with Gasteiger partial charge in [0.1, 0.15) is 0 Å². The lowest BCUT2D eigenvalue weighted by atomic mass is 9.93. The molecule has 1 aromatic carbocycles. The minimum atomic E-state index is -3.10. The van der Waals surface area contributed by atoms with Gasteiger partial charge in [-0.3, -0.25) is 9.59 Å². The highest BCUT2D eigenvalue weighted by atomic mass is 32.2. The largest absolute Gasteiger partial charge is 0.455 e. The standard InChI is InChI=1S/C22H31NO5S/c1-2-20(17-9-5-3-6-10-17)22(25)28-15-21(24)23(18-11-7-4-8-12-18)19-13-14-29(26,27)16-19/h3,5-6,9-10,18-20H,2,4,7-8,11-16H2,1H3. The number of sulfone groups is 1. The first-order valence-electron chi connectivity index (χ1n) is 10.6. The van der Waals surface area contributed by atoms with Gasteiger partial charge in [0, 0.05) is 12.1 Å². The molecule has 0 spiro atoms. The van der Waals surface area contributed by atoms with Crippen LogP contribution in [0.1, 0.15) is 63.4 Å². The van der Waals surface area contributed by atoms with Crippen LogP contribution < -0.4 is 0 Å². The average Bonchev–Trinajstić information content (AvgIpc) is 3.08. The fourth-order valence-corrected chi connectivity index (χ4v) is 6.30. The maximum Gasteiger partial charge on any atom is 0.313 e. The molecule has 3 rings (SSSR count). The highest BCUT2D eigenvalue weighted by Gasteiger charge is 2.38. The Balaban J connectivity index is 1.67. The van der Waals surface area contributed by atoms with Crippen molar-refractivity contribution in [1.29, 1.82) is 0 Å². The van der Waals surface area contributed by atoms with Gasteiger partial charge in [-0.2, -0.15) is 0 Å². The summed E-state index contributed by atoms with van der Waals surface area (Å²) in [7, 11) is -3.10. The van der Waals surface area contributed by atoms with Gasteiger partial charge in [-0.05, 0) is 31.2 Å². The first kappa shape index (κ1) is 21.8. The summed E-state index contributed by atoms with van der Waals surface area (Å²) in [5.74, 6) is -0.936. The number of hydrogen-bond donors (Lipinski definition) is 0. The van der Waals surface area contributed by atoms with Crippen molar-refractivity contribution < 1.29 is 22.7 Å². The van der Waals surface area contributed by atoms with E-state index in [1.54, 1.807) is 4.90 Å². The van der Waals surface area contributed by atoms with Crippen molar-refractivity contribution >= 4 is 21.7 Å². The number of ether oxygens (including phenoxy) is 1. The number of nitrogens with zero attached hydrogens (tertiary/aromatic N) is 1. The van der Waals surface area contributed by atoms with Crippen LogP contribution in [-0.4, -0.2) is 55.4 Å². The molecule has 7 heteroatoms. The lowest BCUT2D eigenvalue weighted by Crippen LogP contribution is -2.50. The normalized spacial score (nSPS) is 22.7. The van der Waals surface area contributed by atoms with Crippen molar-refractivity contribution in [3.63, 3.8) is 0 Å². The molecule has 0 bridgehead atoms. The summed E-state index contributed by atoms with van der Waals surface area (Å²) >= 11 is 0. The van der Waals surface area contributed by atoms with E-state index in [-0.39, 0.29) is 36.1 Å². The van der Waals surface area contributed by atoms with E-state index in [1.807, 2.05) is 37.3 Å². The van der Waals surface area contributed by atoms with Gasteiger partial charge in [0.15, 0.2) is 16.4 Å². The number of hydrogen-bond acceptors (Lipinski definition) is 5. The Morgan fingerprint density at radius 3 is 2.34 bits per heavy atom. The third-order valence-corrected chi connectivity index (χ3v) is 7.84. The summed E-state index contributed by atoms with van der Waals surface area (Å²) < 4.78 is 29.4. The molecule has 1 aromatic rings. The van der Waals surface area contributed by atoms with Crippen LogP contribution in [0.25, 0.3) is 0 Å². The molecule has 6 nitrogen and oxygen atoms in total. The minimum Gasteiger partial charge on any atom is -0.455 e. The minimum absolute atomic E-state index is 0.0186. The molecule has 1 saturated carbocycles. The monoisotopic (exact) mass is 421 g/mol. The molecule has 0 radical (unpaired) electrons. The lowest BCUT2D eigenvalue weighted by molar-refractivity contribution is -0.155. The zero-order valence-corrected chi connectivity index (χ0v) is 17.9. The molecule has 29 heavy (non-hydrogen) atoms. The second-order valence-electron chi connectivity index (χ2n) is 8.13. The molecule has 1 saturated heterocycles. The van der Waals surface area contributed by atoms with E-state index in [4.69, 9.17) is 4.74 Å². The Bertz CT molecular complexity index is 802. The lowest BCUT2D eigenvalue weighted by Gasteiger charge is -2.38. The first-order chi connectivity index (χ1) is 13.9. The molecule has 1 aliphatic heterocycles. The Morgan fingerprint density at radius 1 is 1.07 bits per heavy atom. The van der Waals surface area contributed by atoms with Gasteiger partial charge < -0.3 is 9.64 Å². The first-order valence-corrected chi connectivity index (χ1v) is 12.5. The maximum atomic E-state index is 13.0. The van der Waals surface area contributed by atoms with Crippen LogP contribution in [0, 0.1) is 0 Å². The van der Waals surface area contributed by atoms with Crippen molar-refractivity contribution in [2.75, 3.05) is 18.1 Å². The van der Waals surface area contributed by atoms with Crippen LogP contribution in [0.5, 0.6) is 0 Å². The molecular formula is C22H31NO5S. The summed E-state index contributed by atoms with van der Waals surface area (Å²) in [6.07, 6.45) is 6.06. The zero-order chi connectivity index (χ0) is 20.9. The van der Waals surface area contributed by atoms with Gasteiger partial charge in [0.05, 0.1) is 17.4 Å². The molecule has 2 unspecified atom stereocenters. The van der Waals surface area contributed by atoms with Crippen molar-refractivity contribution in [2.24, 2.45) is 0 Å². The van der Waals surface area contributed by atoms with E-state index < -0.39 is 21.7 Å². The average molecular weight is 422 g/mol. The van der Waals surface area contributed by atoms with Crippen LogP contribution in [0.15, 0.2) is 30.3 Å². The summed E-state index contributed by atoms with van der Waals surface area (Å²) in [6.45, 7) is 1.59. The van der Waals surface area contributed by atoms with Crippen LogP contribution in [0.3, 0.4) is 0 Å². The van der Waals surface area contributed by atoms with Gasteiger partial charge in [-0.25, -0.2) is 8.42 Å². The van der Waals surface area contributed by atoms with E-state index in [0.717, 1.165) is 37.7 Å². The van der Waals surface area contributed by atoms with Crippen molar-refractivity contribution in [1.82, 2.24) is 4.90 Å². The number of carbonyl (C=O) groups is 2. The molecule has 1 aliphatic carbocycles. The molecule has 2 atom stereocenters. The Kier molecular flexibility index (Phi) is 7.33. The highest BCUT2D eigenvalue weighted by molar-refractivity contribution is 7.91. The van der Waals surface area contributed by atoms with Crippen molar-refractivity contribution in [3.8, 4) is 0 Å². The molecule has 160 valence electrons. The smallest absolute Gasteiger partial charge is 0.313 e. The van der Waals surface area contributed by atoms with Crippen LogP contribution in [-0.2, 0) is 24.2 Å². The third-order valence-electron chi connectivity index (χ3n) is 6.09. The van der Waals surface area contributed by atoms with E-state index in [0.29, 0.717) is 12.8 Å². The highest BCUT2D eigenvalue weighted by Crippen LogP contribution is 2.29. The quantitative estimate of drug-likeness (QED) is 0.632. The number of esters is 1. The zero-order valence-electron chi connectivity index (χ0n) is 17.1. The maximum absolute atomic E-state index is 13.0. The van der Waals surface area contributed by atoms with Crippen molar-refractivity contribution in [2.45, 2.75) is 69.9 Å². The summed E-state index contributed by atoms with van der Waals surface area (Å²) in [4.78, 5) is 27.4. The van der Waals surface area contributed by atoms with Crippen molar-refractivity contribution in [3.05, 3.63) is 35.9 Å². The topological polar surface area (TPSA) is 80.8 Å². The van der Waals surface area contributed by atoms with Crippen LogP contribution in [0.2, 0.25) is 0 Å². The SMILES string of the molecule is CCC(C(=O)OCC(=O)N(C1CCCCC1)C1CCS(=O)(=O)C1)c1ccccc1.